The van der Waals surface area contributed by atoms with E-state index in [1.54, 1.807) is 0 Å². The average molecular weight is 272 g/mol. The first kappa shape index (κ1) is 13.5. The van der Waals surface area contributed by atoms with Gasteiger partial charge in [0, 0.05) is 12.6 Å². The van der Waals surface area contributed by atoms with Gasteiger partial charge in [0.05, 0.1) is 5.75 Å². The number of piperidine rings is 1. The maximum absolute atomic E-state index is 12.7. The van der Waals surface area contributed by atoms with Crippen LogP contribution in [0.1, 0.15) is 18.4 Å². The molecule has 18 heavy (non-hydrogen) atoms. The predicted molar refractivity (Wildman–Crippen MR) is 68.1 cm³/mol. The van der Waals surface area contributed by atoms with E-state index in [-0.39, 0.29) is 17.6 Å². The van der Waals surface area contributed by atoms with E-state index < -0.39 is 10.0 Å². The van der Waals surface area contributed by atoms with Gasteiger partial charge < -0.3 is 5.32 Å². The molecule has 2 rings (SSSR count). The normalized spacial score (nSPS) is 20.8. The molecular formula is C12H17FN2O2S. The van der Waals surface area contributed by atoms with Gasteiger partial charge >= 0.3 is 0 Å². The predicted octanol–water partition coefficient (Wildman–Crippen LogP) is 0.997. The number of nitrogens with one attached hydrogen (secondary N) is 2. The summed E-state index contributed by atoms with van der Waals surface area (Å²) >= 11 is 0. The Kier molecular flexibility index (Phi) is 4.31. The Morgan fingerprint density at radius 1 is 1.33 bits per heavy atom. The van der Waals surface area contributed by atoms with Gasteiger partial charge in [-0.2, -0.15) is 0 Å². The molecule has 0 saturated carbocycles. The SMILES string of the molecule is O=S(=O)(Cc1ccc(F)cc1)NC1CCCNC1. The third kappa shape index (κ3) is 4.04. The fourth-order valence-corrected chi connectivity index (χ4v) is 3.47. The van der Waals surface area contributed by atoms with Crippen molar-refractivity contribution in [2.24, 2.45) is 0 Å². The Hall–Kier alpha value is -0.980. The molecule has 1 fully saturated rings. The van der Waals surface area contributed by atoms with Crippen LogP contribution < -0.4 is 10.0 Å². The summed E-state index contributed by atoms with van der Waals surface area (Å²) in [6.45, 7) is 1.61. The zero-order valence-corrected chi connectivity index (χ0v) is 10.8. The molecule has 0 spiro atoms. The average Bonchev–Trinajstić information content (AvgIpc) is 2.32. The summed E-state index contributed by atoms with van der Waals surface area (Å²) in [5, 5.41) is 3.15. The number of sulfonamides is 1. The third-order valence-corrected chi connectivity index (χ3v) is 4.32. The van der Waals surface area contributed by atoms with E-state index in [1.165, 1.54) is 24.3 Å². The van der Waals surface area contributed by atoms with Crippen LogP contribution in [-0.4, -0.2) is 27.5 Å². The lowest BCUT2D eigenvalue weighted by Gasteiger charge is -2.23. The maximum atomic E-state index is 12.7. The second-order valence-corrected chi connectivity index (χ2v) is 6.30. The zero-order valence-electron chi connectivity index (χ0n) is 10.0. The van der Waals surface area contributed by atoms with Gasteiger partial charge in [0.25, 0.3) is 0 Å². The summed E-state index contributed by atoms with van der Waals surface area (Å²) in [5.41, 5.74) is 0.590. The fraction of sp³-hybridized carbons (Fsp3) is 0.500. The molecule has 1 atom stereocenters. The van der Waals surface area contributed by atoms with Gasteiger partial charge in [-0.1, -0.05) is 12.1 Å². The highest BCUT2D eigenvalue weighted by Gasteiger charge is 2.20. The van der Waals surface area contributed by atoms with Crippen molar-refractivity contribution < 1.29 is 12.8 Å². The van der Waals surface area contributed by atoms with Crippen molar-refractivity contribution in [1.29, 1.82) is 0 Å². The minimum absolute atomic E-state index is 0.0378. The second-order valence-electron chi connectivity index (χ2n) is 4.55. The summed E-state index contributed by atoms with van der Waals surface area (Å²) in [5.74, 6) is -0.468. The molecule has 1 heterocycles. The van der Waals surface area contributed by atoms with Crippen LogP contribution in [0, 0.1) is 5.82 Å². The molecule has 100 valence electrons. The van der Waals surface area contributed by atoms with Crippen LogP contribution in [0.5, 0.6) is 0 Å². The van der Waals surface area contributed by atoms with Crippen molar-refractivity contribution in [3.8, 4) is 0 Å². The maximum Gasteiger partial charge on any atom is 0.216 e. The van der Waals surface area contributed by atoms with Gasteiger partial charge in [-0.25, -0.2) is 17.5 Å². The highest BCUT2D eigenvalue weighted by atomic mass is 32.2. The lowest BCUT2D eigenvalue weighted by molar-refractivity contribution is 0.428. The molecule has 4 nitrogen and oxygen atoms in total. The van der Waals surface area contributed by atoms with Crippen LogP contribution in [-0.2, 0) is 15.8 Å². The van der Waals surface area contributed by atoms with Crippen molar-refractivity contribution >= 4 is 10.0 Å². The van der Waals surface area contributed by atoms with E-state index in [0.29, 0.717) is 12.1 Å². The molecule has 1 aliphatic heterocycles. The second kappa shape index (κ2) is 5.77. The molecule has 1 aromatic carbocycles. The minimum atomic E-state index is -3.36. The van der Waals surface area contributed by atoms with Gasteiger partial charge in [0.15, 0.2) is 0 Å². The monoisotopic (exact) mass is 272 g/mol. The summed E-state index contributed by atoms with van der Waals surface area (Å²) in [4.78, 5) is 0. The molecule has 0 radical (unpaired) electrons. The van der Waals surface area contributed by atoms with Gasteiger partial charge in [-0.3, -0.25) is 0 Å². The molecule has 0 bridgehead atoms. The standard InChI is InChI=1S/C12H17FN2O2S/c13-11-5-3-10(4-6-11)9-18(16,17)15-12-2-1-7-14-8-12/h3-6,12,14-15H,1-2,7-9H2. The highest BCUT2D eigenvalue weighted by molar-refractivity contribution is 7.88. The van der Waals surface area contributed by atoms with Crippen molar-refractivity contribution in [1.82, 2.24) is 10.0 Å². The molecule has 2 N–H and O–H groups in total. The molecule has 1 aliphatic rings. The Morgan fingerprint density at radius 3 is 2.67 bits per heavy atom. The van der Waals surface area contributed by atoms with E-state index in [4.69, 9.17) is 0 Å². The van der Waals surface area contributed by atoms with Gasteiger partial charge in [0.2, 0.25) is 10.0 Å². The van der Waals surface area contributed by atoms with E-state index in [0.717, 1.165) is 19.4 Å². The molecule has 0 amide bonds. The van der Waals surface area contributed by atoms with Gasteiger partial charge in [0.1, 0.15) is 5.82 Å². The van der Waals surface area contributed by atoms with Crippen molar-refractivity contribution in [2.45, 2.75) is 24.6 Å². The first-order chi connectivity index (χ1) is 8.55. The summed E-state index contributed by atoms with van der Waals surface area (Å²) < 4.78 is 39.2. The van der Waals surface area contributed by atoms with E-state index in [2.05, 4.69) is 10.0 Å². The molecular weight excluding hydrogens is 255 g/mol. The largest absolute Gasteiger partial charge is 0.315 e. The van der Waals surface area contributed by atoms with E-state index in [1.807, 2.05) is 0 Å². The smallest absolute Gasteiger partial charge is 0.216 e. The van der Waals surface area contributed by atoms with Crippen LogP contribution in [0.25, 0.3) is 0 Å². The number of benzene rings is 1. The lowest BCUT2D eigenvalue weighted by atomic mass is 10.1. The lowest BCUT2D eigenvalue weighted by Crippen LogP contribution is -2.45. The molecule has 0 aromatic heterocycles. The number of hydrogen-bond donors (Lipinski definition) is 2. The first-order valence-electron chi connectivity index (χ1n) is 6.00. The van der Waals surface area contributed by atoms with E-state index in [9.17, 15) is 12.8 Å². The third-order valence-electron chi connectivity index (χ3n) is 2.91. The number of hydrogen-bond acceptors (Lipinski definition) is 3. The highest BCUT2D eigenvalue weighted by Crippen LogP contribution is 2.09. The molecule has 1 aromatic rings. The summed E-state index contributed by atoms with van der Waals surface area (Å²) in [6, 6.07) is 5.49. The number of rotatable bonds is 4. The Balaban J connectivity index is 1.96. The molecule has 1 saturated heterocycles. The van der Waals surface area contributed by atoms with Crippen molar-refractivity contribution in [3.05, 3.63) is 35.6 Å². The summed E-state index contributed by atoms with van der Waals surface area (Å²) in [7, 11) is -3.36. The number of halogens is 1. The van der Waals surface area contributed by atoms with Gasteiger partial charge in [-0.05, 0) is 37.1 Å². The Morgan fingerprint density at radius 2 is 2.06 bits per heavy atom. The van der Waals surface area contributed by atoms with Crippen LogP contribution in [0.2, 0.25) is 0 Å². The zero-order chi connectivity index (χ0) is 13.0. The van der Waals surface area contributed by atoms with E-state index >= 15 is 0 Å². The Labute approximate surface area is 107 Å². The minimum Gasteiger partial charge on any atom is -0.315 e. The summed E-state index contributed by atoms with van der Waals surface area (Å²) in [6.07, 6.45) is 1.83. The van der Waals surface area contributed by atoms with Crippen LogP contribution in [0.4, 0.5) is 4.39 Å². The topological polar surface area (TPSA) is 58.2 Å². The van der Waals surface area contributed by atoms with Crippen LogP contribution in [0.3, 0.4) is 0 Å². The molecule has 1 unspecified atom stereocenters. The molecule has 0 aliphatic carbocycles. The fourth-order valence-electron chi connectivity index (χ4n) is 2.05. The van der Waals surface area contributed by atoms with Crippen LogP contribution >= 0.6 is 0 Å². The van der Waals surface area contributed by atoms with Crippen molar-refractivity contribution in [3.63, 3.8) is 0 Å². The first-order valence-corrected chi connectivity index (χ1v) is 7.65. The Bertz CT molecular complexity index is 481. The van der Waals surface area contributed by atoms with Crippen molar-refractivity contribution in [2.75, 3.05) is 13.1 Å². The van der Waals surface area contributed by atoms with Crippen LogP contribution in [0.15, 0.2) is 24.3 Å². The quantitative estimate of drug-likeness (QED) is 0.859. The molecule has 6 heteroatoms. The van der Waals surface area contributed by atoms with Gasteiger partial charge in [-0.15, -0.1) is 0 Å².